The van der Waals surface area contributed by atoms with Crippen LogP contribution >= 0.6 is 0 Å². The monoisotopic (exact) mass is 431 g/mol. The van der Waals surface area contributed by atoms with E-state index < -0.39 is 9.84 Å². The third-order valence-corrected chi connectivity index (χ3v) is 6.68. The maximum Gasteiger partial charge on any atom is 0.257 e. The van der Waals surface area contributed by atoms with Gasteiger partial charge in [0, 0.05) is 37.5 Å². The molecule has 0 spiro atoms. The van der Waals surface area contributed by atoms with Gasteiger partial charge in [0.15, 0.2) is 9.84 Å². The molecule has 1 aliphatic rings. The molecule has 1 amide bonds. The molecule has 0 N–H and O–H groups in total. The van der Waals surface area contributed by atoms with Crippen LogP contribution in [0, 0.1) is 6.92 Å². The van der Waals surface area contributed by atoms with Crippen molar-refractivity contribution >= 4 is 21.5 Å². The van der Waals surface area contributed by atoms with Crippen LogP contribution in [0.4, 0.5) is 0 Å². The van der Waals surface area contributed by atoms with E-state index in [4.69, 9.17) is 0 Å². The molecule has 3 aromatic rings. The number of rotatable bonds is 5. The SMILES string of the molecule is CCCn1ncc(C(=O)N2CCC[C@H](c3c(S(C)(=O)=O)cnc4ncnn34)C2)c1C. The lowest BCUT2D eigenvalue weighted by Gasteiger charge is -2.33. The molecule has 0 aliphatic carbocycles. The van der Waals surface area contributed by atoms with Crippen LogP contribution in [-0.4, -0.2) is 67.9 Å². The fraction of sp³-hybridized carbons (Fsp3) is 0.526. The number of sulfone groups is 1. The number of hydrogen-bond acceptors (Lipinski definition) is 7. The Balaban J connectivity index is 1.68. The smallest absolute Gasteiger partial charge is 0.257 e. The summed E-state index contributed by atoms with van der Waals surface area (Å²) in [7, 11) is -3.52. The molecule has 0 unspecified atom stereocenters. The number of carbonyl (C=O) groups is 1. The van der Waals surface area contributed by atoms with Gasteiger partial charge in [0.05, 0.1) is 23.7 Å². The molecule has 0 saturated carbocycles. The number of fused-ring (bicyclic) bond motifs is 1. The second-order valence-corrected chi connectivity index (χ2v) is 9.69. The summed E-state index contributed by atoms with van der Waals surface area (Å²) < 4.78 is 28.2. The summed E-state index contributed by atoms with van der Waals surface area (Å²) in [5.74, 6) is 0.0764. The highest BCUT2D eigenvalue weighted by molar-refractivity contribution is 7.90. The van der Waals surface area contributed by atoms with E-state index in [-0.39, 0.29) is 16.7 Å². The van der Waals surface area contributed by atoms with Gasteiger partial charge in [-0.05, 0) is 26.2 Å². The predicted octanol–water partition coefficient (Wildman–Crippen LogP) is 1.46. The molecule has 0 bridgehead atoms. The molecule has 160 valence electrons. The van der Waals surface area contributed by atoms with E-state index in [9.17, 15) is 13.2 Å². The second-order valence-electron chi connectivity index (χ2n) is 7.71. The summed E-state index contributed by atoms with van der Waals surface area (Å²) >= 11 is 0. The summed E-state index contributed by atoms with van der Waals surface area (Å²) in [6.07, 6.45) is 7.93. The van der Waals surface area contributed by atoms with Crippen molar-refractivity contribution in [2.45, 2.75) is 50.5 Å². The van der Waals surface area contributed by atoms with Crippen molar-refractivity contribution in [1.29, 1.82) is 0 Å². The van der Waals surface area contributed by atoms with E-state index in [1.807, 2.05) is 11.6 Å². The van der Waals surface area contributed by atoms with Gasteiger partial charge in [0.2, 0.25) is 0 Å². The van der Waals surface area contributed by atoms with Crippen LogP contribution in [0.1, 0.15) is 53.8 Å². The summed E-state index contributed by atoms with van der Waals surface area (Å²) in [5.41, 5.74) is 1.98. The second kappa shape index (κ2) is 7.78. The fourth-order valence-corrected chi connectivity index (χ4v) is 4.97. The van der Waals surface area contributed by atoms with Gasteiger partial charge in [-0.1, -0.05) is 6.92 Å². The van der Waals surface area contributed by atoms with Crippen molar-refractivity contribution in [3.05, 3.63) is 35.7 Å². The van der Waals surface area contributed by atoms with Crippen molar-refractivity contribution in [3.63, 3.8) is 0 Å². The third kappa shape index (κ3) is 3.57. The Kier molecular flexibility index (Phi) is 5.31. The molecule has 1 saturated heterocycles. The van der Waals surface area contributed by atoms with E-state index in [0.29, 0.717) is 30.1 Å². The maximum absolute atomic E-state index is 13.2. The van der Waals surface area contributed by atoms with Crippen LogP contribution in [-0.2, 0) is 16.4 Å². The molecule has 0 radical (unpaired) electrons. The molecular weight excluding hydrogens is 406 g/mol. The first kappa shape index (κ1) is 20.5. The zero-order valence-electron chi connectivity index (χ0n) is 17.3. The van der Waals surface area contributed by atoms with Crippen molar-refractivity contribution in [2.24, 2.45) is 0 Å². The summed E-state index contributed by atoms with van der Waals surface area (Å²) in [4.78, 5) is 23.3. The van der Waals surface area contributed by atoms with Gasteiger partial charge in [-0.2, -0.15) is 19.7 Å². The number of carbonyl (C=O) groups excluding carboxylic acids is 1. The highest BCUT2D eigenvalue weighted by Gasteiger charge is 2.32. The van der Waals surface area contributed by atoms with Crippen LogP contribution in [0.25, 0.3) is 5.78 Å². The number of nitrogens with zero attached hydrogens (tertiary/aromatic N) is 7. The zero-order valence-corrected chi connectivity index (χ0v) is 18.1. The van der Waals surface area contributed by atoms with E-state index in [1.165, 1.54) is 17.0 Å². The minimum absolute atomic E-state index is 0.0793. The topological polar surface area (TPSA) is 115 Å². The largest absolute Gasteiger partial charge is 0.338 e. The van der Waals surface area contributed by atoms with Gasteiger partial charge < -0.3 is 4.90 Å². The average molecular weight is 432 g/mol. The molecule has 1 aliphatic heterocycles. The number of piperidine rings is 1. The number of aromatic nitrogens is 6. The molecule has 11 heteroatoms. The summed E-state index contributed by atoms with van der Waals surface area (Å²) in [6.45, 7) is 5.75. The lowest BCUT2D eigenvalue weighted by atomic mass is 9.94. The quantitative estimate of drug-likeness (QED) is 0.600. The molecule has 3 aromatic heterocycles. The van der Waals surface area contributed by atoms with Crippen LogP contribution < -0.4 is 0 Å². The normalized spacial score (nSPS) is 17.6. The number of hydrogen-bond donors (Lipinski definition) is 0. The van der Waals surface area contributed by atoms with Crippen LogP contribution in [0.15, 0.2) is 23.6 Å². The minimum Gasteiger partial charge on any atom is -0.338 e. The Hall–Kier alpha value is -2.82. The van der Waals surface area contributed by atoms with Gasteiger partial charge in [-0.15, -0.1) is 0 Å². The van der Waals surface area contributed by atoms with Crippen LogP contribution in [0.2, 0.25) is 0 Å². The summed E-state index contributed by atoms with van der Waals surface area (Å²) in [5, 5.41) is 8.53. The van der Waals surface area contributed by atoms with Gasteiger partial charge in [0.25, 0.3) is 11.7 Å². The minimum atomic E-state index is -3.52. The first-order chi connectivity index (χ1) is 14.3. The van der Waals surface area contributed by atoms with Gasteiger partial charge in [0.1, 0.15) is 11.2 Å². The fourth-order valence-electron chi connectivity index (χ4n) is 4.09. The lowest BCUT2D eigenvalue weighted by molar-refractivity contribution is 0.0703. The van der Waals surface area contributed by atoms with E-state index >= 15 is 0 Å². The van der Waals surface area contributed by atoms with Gasteiger partial charge >= 0.3 is 0 Å². The average Bonchev–Trinajstić information content (AvgIpc) is 3.33. The number of aryl methyl sites for hydroxylation is 1. The first-order valence-electron chi connectivity index (χ1n) is 10.0. The summed E-state index contributed by atoms with van der Waals surface area (Å²) in [6, 6.07) is 0. The highest BCUT2D eigenvalue weighted by atomic mass is 32.2. The number of amides is 1. The Bertz CT molecular complexity index is 1200. The molecule has 1 atom stereocenters. The zero-order chi connectivity index (χ0) is 21.5. The van der Waals surface area contributed by atoms with Crippen LogP contribution in [0.3, 0.4) is 0 Å². The highest BCUT2D eigenvalue weighted by Crippen LogP contribution is 2.32. The maximum atomic E-state index is 13.2. The molecule has 1 fully saturated rings. The molecule has 4 heterocycles. The van der Waals surface area contributed by atoms with Crippen LogP contribution in [0.5, 0.6) is 0 Å². The molecule has 0 aromatic carbocycles. The molecular formula is C19H25N7O3S. The van der Waals surface area contributed by atoms with Crippen molar-refractivity contribution in [2.75, 3.05) is 19.3 Å². The van der Waals surface area contributed by atoms with Crippen molar-refractivity contribution in [3.8, 4) is 0 Å². The first-order valence-corrected chi connectivity index (χ1v) is 11.9. The Morgan fingerprint density at radius 3 is 2.77 bits per heavy atom. The Morgan fingerprint density at radius 1 is 1.23 bits per heavy atom. The van der Waals surface area contributed by atoms with Crippen molar-refractivity contribution in [1.82, 2.24) is 34.3 Å². The Labute approximate surface area is 174 Å². The van der Waals surface area contributed by atoms with Gasteiger partial charge in [-0.25, -0.2) is 13.4 Å². The molecule has 10 nitrogen and oxygen atoms in total. The number of likely N-dealkylation sites (tertiary alicyclic amines) is 1. The lowest BCUT2D eigenvalue weighted by Crippen LogP contribution is -2.40. The predicted molar refractivity (Wildman–Crippen MR) is 109 cm³/mol. The third-order valence-electron chi connectivity index (χ3n) is 5.57. The van der Waals surface area contributed by atoms with Gasteiger partial charge in [-0.3, -0.25) is 9.48 Å². The molecule has 4 rings (SSSR count). The van der Waals surface area contributed by atoms with E-state index in [0.717, 1.165) is 37.8 Å². The Morgan fingerprint density at radius 2 is 2.03 bits per heavy atom. The van der Waals surface area contributed by atoms with E-state index in [1.54, 1.807) is 11.1 Å². The van der Waals surface area contributed by atoms with Crippen molar-refractivity contribution < 1.29 is 13.2 Å². The molecule has 30 heavy (non-hydrogen) atoms. The van der Waals surface area contributed by atoms with E-state index in [2.05, 4.69) is 27.1 Å². The standard InChI is InChI=1S/C19H25N7O3S/c1-4-7-25-13(2)15(9-22-25)18(27)24-8-5-6-14(11-24)17-16(30(3,28)29)10-20-19-21-12-23-26(17)19/h9-10,12,14H,4-8,11H2,1-3H3/t14-/m0/s1.